The maximum absolute atomic E-state index is 11.6. The number of hydrogen-bond donors (Lipinski definition) is 0. The van der Waals surface area contributed by atoms with Gasteiger partial charge in [-0.15, -0.1) is 0 Å². The molecule has 0 saturated heterocycles. The summed E-state index contributed by atoms with van der Waals surface area (Å²) in [6, 6.07) is 2.51. The highest BCUT2D eigenvalue weighted by atomic mass is 16.7. The Balaban J connectivity index is 2.79. The fourth-order valence-corrected chi connectivity index (χ4v) is 2.59. The van der Waals surface area contributed by atoms with Gasteiger partial charge in [0, 0.05) is 6.07 Å². The molecular formula is C13H7N7O12. The van der Waals surface area contributed by atoms with E-state index in [9.17, 15) is 60.7 Å². The van der Waals surface area contributed by atoms with Crippen molar-refractivity contribution in [1.82, 2.24) is 0 Å². The molecule has 2 aromatic rings. The summed E-state index contributed by atoms with van der Waals surface area (Å²) in [5, 5.41) is 65.8. The molecule has 19 heteroatoms. The van der Waals surface area contributed by atoms with Gasteiger partial charge in [0.25, 0.3) is 22.7 Å². The molecule has 0 heterocycles. The predicted molar refractivity (Wildman–Crippen MR) is 99.3 cm³/mol. The Labute approximate surface area is 173 Å². The standard InChI is InChI=1S/C13H7N7O12/c21-15(22)8-2-1-7(10(3-8)17(25)26)6-14(20(31)32)13-11(18(27)28)4-9(16(23)24)5-12(13)19(29)30/h1-5H,6H2. The first kappa shape index (κ1) is 22.9. The van der Waals surface area contributed by atoms with Crippen molar-refractivity contribution in [2.24, 2.45) is 0 Å². The number of benzene rings is 2. The van der Waals surface area contributed by atoms with Crippen LogP contribution in [-0.4, -0.2) is 29.6 Å². The van der Waals surface area contributed by atoms with Gasteiger partial charge in [-0.05, 0) is 6.07 Å². The number of anilines is 1. The minimum atomic E-state index is -1.38. The third-order valence-corrected chi connectivity index (χ3v) is 3.91. The minimum absolute atomic E-state index is 0.186. The molecule has 166 valence electrons. The van der Waals surface area contributed by atoms with Gasteiger partial charge >= 0.3 is 11.4 Å². The molecule has 0 bridgehead atoms. The third kappa shape index (κ3) is 4.45. The summed E-state index contributed by atoms with van der Waals surface area (Å²) in [5.41, 5.74) is -7.42. The summed E-state index contributed by atoms with van der Waals surface area (Å²) < 4.78 is 0. The average molecular weight is 453 g/mol. The SMILES string of the molecule is O=[N+]([O-])c1ccc(CN(c2c([N+](=O)[O-])cc([N+](=O)[O-])cc2[N+](=O)[O-])[N+](=O)[O-])c([N+](=O)[O-])c1. The van der Waals surface area contributed by atoms with E-state index in [1.165, 1.54) is 0 Å². The fourth-order valence-electron chi connectivity index (χ4n) is 2.59. The number of nitrogens with zero attached hydrogens (tertiary/aromatic N) is 7. The van der Waals surface area contributed by atoms with Crippen LogP contribution in [-0.2, 0) is 6.54 Å². The summed E-state index contributed by atoms with van der Waals surface area (Å²) in [6.45, 7) is -1.18. The lowest BCUT2D eigenvalue weighted by Gasteiger charge is -2.14. The van der Waals surface area contributed by atoms with Crippen LogP contribution >= 0.6 is 0 Å². The molecule has 0 N–H and O–H groups in total. The van der Waals surface area contributed by atoms with Gasteiger partial charge in [-0.1, -0.05) is 5.01 Å². The van der Waals surface area contributed by atoms with Crippen LogP contribution in [0.4, 0.5) is 34.1 Å². The normalized spacial score (nSPS) is 10.2. The van der Waals surface area contributed by atoms with Crippen LogP contribution in [0.1, 0.15) is 5.56 Å². The van der Waals surface area contributed by atoms with E-state index in [2.05, 4.69) is 0 Å². The van der Waals surface area contributed by atoms with E-state index in [4.69, 9.17) is 0 Å². The molecule has 0 atom stereocenters. The molecule has 2 rings (SSSR count). The molecular weight excluding hydrogens is 446 g/mol. The van der Waals surface area contributed by atoms with E-state index in [0.29, 0.717) is 6.07 Å². The Bertz CT molecular complexity index is 1160. The van der Waals surface area contributed by atoms with Gasteiger partial charge in [0.05, 0.1) is 48.4 Å². The Morgan fingerprint density at radius 2 is 1.03 bits per heavy atom. The highest BCUT2D eigenvalue weighted by molar-refractivity contribution is 5.77. The topological polar surface area (TPSA) is 262 Å². The molecule has 0 aliphatic rings. The second kappa shape index (κ2) is 8.56. The molecule has 0 fully saturated rings. The monoisotopic (exact) mass is 453 g/mol. The number of nitro benzene ring substituents is 5. The Morgan fingerprint density at radius 1 is 0.594 bits per heavy atom. The van der Waals surface area contributed by atoms with Crippen LogP contribution in [0.2, 0.25) is 0 Å². The zero-order valence-corrected chi connectivity index (χ0v) is 15.1. The summed E-state index contributed by atoms with van der Waals surface area (Å²) in [7, 11) is 0. The van der Waals surface area contributed by atoms with Gasteiger partial charge in [-0.2, -0.15) is 0 Å². The highest BCUT2D eigenvalue weighted by Gasteiger charge is 2.40. The number of hydrogen-bond acceptors (Lipinski definition) is 12. The number of nitro groups is 6. The summed E-state index contributed by atoms with van der Waals surface area (Å²) in [5.74, 6) is 0. The Hall–Kier alpha value is -5.36. The van der Waals surface area contributed by atoms with Gasteiger partial charge < -0.3 is 0 Å². The van der Waals surface area contributed by atoms with Crippen LogP contribution < -0.4 is 5.01 Å². The lowest BCUT2D eigenvalue weighted by molar-refractivity contribution is -0.500. The Kier molecular flexibility index (Phi) is 6.13. The van der Waals surface area contributed by atoms with E-state index in [-0.39, 0.29) is 17.1 Å². The second-order valence-corrected chi connectivity index (χ2v) is 5.73. The smallest absolute Gasteiger partial charge is 0.258 e. The van der Waals surface area contributed by atoms with E-state index >= 15 is 0 Å². The first-order valence-corrected chi connectivity index (χ1v) is 7.80. The summed E-state index contributed by atoms with van der Waals surface area (Å²) in [4.78, 5) is 61.4. The molecule has 0 aromatic heterocycles. The predicted octanol–water partition coefficient (Wildman–Crippen LogP) is 2.43. The van der Waals surface area contributed by atoms with Crippen molar-refractivity contribution >= 4 is 34.1 Å². The van der Waals surface area contributed by atoms with E-state index in [1.807, 2.05) is 0 Å². The van der Waals surface area contributed by atoms with E-state index < -0.39 is 75.9 Å². The average Bonchev–Trinajstić information content (AvgIpc) is 2.70. The molecule has 0 saturated carbocycles. The molecule has 0 aliphatic carbocycles. The maximum atomic E-state index is 11.6. The molecule has 0 spiro atoms. The Morgan fingerprint density at radius 3 is 1.41 bits per heavy atom. The summed E-state index contributed by atoms with van der Waals surface area (Å²) in [6.07, 6.45) is 0. The number of non-ortho nitro benzene ring substituents is 2. The van der Waals surface area contributed by atoms with Crippen molar-refractivity contribution in [3.8, 4) is 0 Å². The lowest BCUT2D eigenvalue weighted by atomic mass is 10.1. The molecule has 0 amide bonds. The van der Waals surface area contributed by atoms with Gasteiger partial charge in [0.15, 0.2) is 5.03 Å². The van der Waals surface area contributed by atoms with Crippen molar-refractivity contribution in [3.63, 3.8) is 0 Å². The molecule has 0 radical (unpaired) electrons. The number of hydrazine groups is 1. The van der Waals surface area contributed by atoms with Crippen molar-refractivity contribution in [2.45, 2.75) is 6.54 Å². The summed E-state index contributed by atoms with van der Waals surface area (Å²) >= 11 is 0. The fraction of sp³-hybridized carbons (Fsp3) is 0.0769. The van der Waals surface area contributed by atoms with Gasteiger partial charge in [-0.25, -0.2) is 10.1 Å². The van der Waals surface area contributed by atoms with Crippen molar-refractivity contribution < 1.29 is 29.6 Å². The highest BCUT2D eigenvalue weighted by Crippen LogP contribution is 2.42. The molecule has 19 nitrogen and oxygen atoms in total. The van der Waals surface area contributed by atoms with Crippen LogP contribution in [0.25, 0.3) is 0 Å². The molecule has 0 unspecified atom stereocenters. The quantitative estimate of drug-likeness (QED) is 0.390. The van der Waals surface area contributed by atoms with Crippen molar-refractivity contribution in [3.05, 3.63) is 96.6 Å². The number of rotatable bonds is 9. The third-order valence-electron chi connectivity index (χ3n) is 3.91. The van der Waals surface area contributed by atoms with Crippen molar-refractivity contribution in [2.75, 3.05) is 5.01 Å². The first-order chi connectivity index (χ1) is 14.8. The lowest BCUT2D eigenvalue weighted by Crippen LogP contribution is -2.31. The second-order valence-electron chi connectivity index (χ2n) is 5.73. The van der Waals surface area contributed by atoms with Gasteiger partial charge in [0.1, 0.15) is 6.54 Å². The maximum Gasteiger partial charge on any atom is 0.312 e. The zero-order chi connectivity index (χ0) is 24.3. The zero-order valence-electron chi connectivity index (χ0n) is 15.1. The minimum Gasteiger partial charge on any atom is -0.258 e. The van der Waals surface area contributed by atoms with Crippen LogP contribution in [0.15, 0.2) is 30.3 Å². The first-order valence-electron chi connectivity index (χ1n) is 7.80. The van der Waals surface area contributed by atoms with E-state index in [1.54, 1.807) is 0 Å². The van der Waals surface area contributed by atoms with Crippen LogP contribution in [0.3, 0.4) is 0 Å². The largest absolute Gasteiger partial charge is 0.312 e. The van der Waals surface area contributed by atoms with E-state index in [0.717, 1.165) is 12.1 Å². The van der Waals surface area contributed by atoms with Crippen LogP contribution in [0, 0.1) is 60.7 Å². The van der Waals surface area contributed by atoms with Crippen molar-refractivity contribution in [1.29, 1.82) is 0 Å². The van der Waals surface area contributed by atoms with Gasteiger partial charge in [0.2, 0.25) is 0 Å². The van der Waals surface area contributed by atoms with Gasteiger partial charge in [-0.3, -0.25) is 50.6 Å². The van der Waals surface area contributed by atoms with Crippen LogP contribution in [0.5, 0.6) is 0 Å². The molecule has 0 aliphatic heterocycles. The molecule has 32 heavy (non-hydrogen) atoms. The molecule has 2 aromatic carbocycles.